The van der Waals surface area contributed by atoms with Crippen LogP contribution in [-0.4, -0.2) is 48.2 Å². The SMILES string of the molecule is CC(C)(C)OC(=O)NCCCN1CCCC[C@H]1C(N)=O. The zero-order valence-corrected chi connectivity index (χ0v) is 12.8. The molecule has 1 saturated heterocycles. The number of rotatable bonds is 5. The Morgan fingerprint density at radius 2 is 2.05 bits per heavy atom. The lowest BCUT2D eigenvalue weighted by molar-refractivity contribution is -0.124. The Bertz CT molecular complexity index is 339. The summed E-state index contributed by atoms with van der Waals surface area (Å²) in [4.78, 5) is 24.9. The van der Waals surface area contributed by atoms with Gasteiger partial charge >= 0.3 is 6.09 Å². The summed E-state index contributed by atoms with van der Waals surface area (Å²) >= 11 is 0. The highest BCUT2D eigenvalue weighted by molar-refractivity contribution is 5.79. The molecule has 0 aliphatic carbocycles. The Morgan fingerprint density at radius 1 is 1.35 bits per heavy atom. The predicted octanol–water partition coefficient (Wildman–Crippen LogP) is 1.24. The largest absolute Gasteiger partial charge is 0.444 e. The first kappa shape index (κ1) is 16.8. The van der Waals surface area contributed by atoms with Crippen LogP contribution in [-0.2, 0) is 9.53 Å². The monoisotopic (exact) mass is 285 g/mol. The second-order valence-electron chi connectivity index (χ2n) is 6.23. The molecule has 1 aliphatic heterocycles. The molecular formula is C14H27N3O3. The van der Waals surface area contributed by atoms with Gasteiger partial charge in [0.1, 0.15) is 5.60 Å². The number of amides is 2. The lowest BCUT2D eigenvalue weighted by Gasteiger charge is -2.33. The Balaban J connectivity index is 2.23. The number of nitrogens with one attached hydrogen (secondary N) is 1. The quantitative estimate of drug-likeness (QED) is 0.744. The summed E-state index contributed by atoms with van der Waals surface area (Å²) in [6, 6.07) is -0.148. The highest BCUT2D eigenvalue weighted by atomic mass is 16.6. The topological polar surface area (TPSA) is 84.7 Å². The Hall–Kier alpha value is -1.30. The number of nitrogens with zero attached hydrogens (tertiary/aromatic N) is 1. The number of ether oxygens (including phenoxy) is 1. The van der Waals surface area contributed by atoms with Crippen LogP contribution in [0.3, 0.4) is 0 Å². The molecule has 3 N–H and O–H groups in total. The van der Waals surface area contributed by atoms with Gasteiger partial charge in [-0.1, -0.05) is 6.42 Å². The molecule has 116 valence electrons. The van der Waals surface area contributed by atoms with Crippen molar-refractivity contribution in [1.82, 2.24) is 10.2 Å². The van der Waals surface area contributed by atoms with E-state index in [4.69, 9.17) is 10.5 Å². The zero-order chi connectivity index (χ0) is 15.2. The van der Waals surface area contributed by atoms with Crippen molar-refractivity contribution in [3.63, 3.8) is 0 Å². The van der Waals surface area contributed by atoms with Crippen molar-refractivity contribution in [2.45, 2.75) is 58.1 Å². The summed E-state index contributed by atoms with van der Waals surface area (Å²) in [7, 11) is 0. The second-order valence-corrected chi connectivity index (χ2v) is 6.23. The van der Waals surface area contributed by atoms with Gasteiger partial charge in [-0.25, -0.2) is 4.79 Å². The molecule has 0 aromatic carbocycles. The molecule has 0 aromatic heterocycles. The van der Waals surface area contributed by atoms with Crippen LogP contribution in [0.4, 0.5) is 4.79 Å². The maximum Gasteiger partial charge on any atom is 0.407 e. The van der Waals surface area contributed by atoms with Gasteiger partial charge in [-0.3, -0.25) is 9.69 Å². The summed E-state index contributed by atoms with van der Waals surface area (Å²) in [5.74, 6) is -0.246. The summed E-state index contributed by atoms with van der Waals surface area (Å²) in [6.07, 6.45) is 3.38. The maximum absolute atomic E-state index is 11.5. The molecule has 20 heavy (non-hydrogen) atoms. The summed E-state index contributed by atoms with van der Waals surface area (Å²) < 4.78 is 5.15. The molecule has 6 nitrogen and oxygen atoms in total. The van der Waals surface area contributed by atoms with E-state index in [0.29, 0.717) is 6.54 Å². The number of piperidine rings is 1. The lowest BCUT2D eigenvalue weighted by Crippen LogP contribution is -2.48. The van der Waals surface area contributed by atoms with E-state index >= 15 is 0 Å². The van der Waals surface area contributed by atoms with Crippen LogP contribution in [0.25, 0.3) is 0 Å². The van der Waals surface area contributed by atoms with E-state index < -0.39 is 11.7 Å². The van der Waals surface area contributed by atoms with Crippen LogP contribution in [0.1, 0.15) is 46.5 Å². The lowest BCUT2D eigenvalue weighted by atomic mass is 10.0. The van der Waals surface area contributed by atoms with E-state index in [1.807, 2.05) is 20.8 Å². The number of carbonyl (C=O) groups excluding carboxylic acids is 2. The first-order valence-corrected chi connectivity index (χ1v) is 7.30. The maximum atomic E-state index is 11.5. The van der Waals surface area contributed by atoms with Crippen LogP contribution >= 0.6 is 0 Å². The van der Waals surface area contributed by atoms with Crippen molar-refractivity contribution in [2.24, 2.45) is 5.73 Å². The Morgan fingerprint density at radius 3 is 2.65 bits per heavy atom. The van der Waals surface area contributed by atoms with Crippen LogP contribution in [0.15, 0.2) is 0 Å². The van der Waals surface area contributed by atoms with E-state index in [0.717, 1.165) is 38.8 Å². The third-order valence-electron chi connectivity index (χ3n) is 3.23. The molecule has 1 fully saturated rings. The average Bonchev–Trinajstić information content (AvgIpc) is 2.33. The third kappa shape index (κ3) is 6.23. The van der Waals surface area contributed by atoms with Gasteiger partial charge in [0, 0.05) is 13.1 Å². The Kier molecular flexibility index (Phi) is 6.26. The summed E-state index contributed by atoms with van der Waals surface area (Å²) in [5.41, 5.74) is 4.93. The molecule has 0 radical (unpaired) electrons. The van der Waals surface area contributed by atoms with Gasteiger partial charge in [0.05, 0.1) is 6.04 Å². The van der Waals surface area contributed by atoms with Crippen LogP contribution in [0, 0.1) is 0 Å². The fraction of sp³-hybridized carbons (Fsp3) is 0.857. The second kappa shape index (κ2) is 7.47. The van der Waals surface area contributed by atoms with Crippen molar-refractivity contribution < 1.29 is 14.3 Å². The molecule has 0 spiro atoms. The fourth-order valence-corrected chi connectivity index (χ4v) is 2.37. The molecule has 1 atom stereocenters. The molecule has 0 saturated carbocycles. The molecule has 1 aliphatic rings. The molecule has 2 amide bonds. The van der Waals surface area contributed by atoms with Crippen molar-refractivity contribution in [3.05, 3.63) is 0 Å². The number of nitrogens with two attached hydrogens (primary N) is 1. The number of carbonyl (C=O) groups is 2. The molecule has 1 heterocycles. The zero-order valence-electron chi connectivity index (χ0n) is 12.8. The van der Waals surface area contributed by atoms with Crippen molar-refractivity contribution >= 4 is 12.0 Å². The molecule has 0 aromatic rings. The van der Waals surface area contributed by atoms with Crippen molar-refractivity contribution in [1.29, 1.82) is 0 Å². The van der Waals surface area contributed by atoms with Gasteiger partial charge in [0.2, 0.25) is 5.91 Å². The fourth-order valence-electron chi connectivity index (χ4n) is 2.37. The van der Waals surface area contributed by atoms with Gasteiger partial charge in [-0.15, -0.1) is 0 Å². The first-order valence-electron chi connectivity index (χ1n) is 7.30. The van der Waals surface area contributed by atoms with E-state index in [1.165, 1.54) is 0 Å². The van der Waals surface area contributed by atoms with E-state index in [-0.39, 0.29) is 11.9 Å². The van der Waals surface area contributed by atoms with Gasteiger partial charge in [0.25, 0.3) is 0 Å². The molecule has 0 bridgehead atoms. The molecule has 1 rings (SSSR count). The average molecular weight is 285 g/mol. The van der Waals surface area contributed by atoms with E-state index in [2.05, 4.69) is 10.2 Å². The minimum Gasteiger partial charge on any atom is -0.444 e. The third-order valence-corrected chi connectivity index (χ3v) is 3.23. The number of hydrogen-bond acceptors (Lipinski definition) is 4. The normalized spacial score (nSPS) is 20.4. The van der Waals surface area contributed by atoms with Crippen LogP contribution < -0.4 is 11.1 Å². The van der Waals surface area contributed by atoms with Gasteiger partial charge in [0.15, 0.2) is 0 Å². The first-order chi connectivity index (χ1) is 9.29. The van der Waals surface area contributed by atoms with Gasteiger partial charge < -0.3 is 15.8 Å². The van der Waals surface area contributed by atoms with Crippen LogP contribution in [0.5, 0.6) is 0 Å². The predicted molar refractivity (Wildman–Crippen MR) is 77.3 cm³/mol. The minimum absolute atomic E-state index is 0.148. The van der Waals surface area contributed by atoms with E-state index in [9.17, 15) is 9.59 Å². The highest BCUT2D eigenvalue weighted by Gasteiger charge is 2.26. The minimum atomic E-state index is -0.478. The van der Waals surface area contributed by atoms with Crippen molar-refractivity contribution in [3.8, 4) is 0 Å². The number of hydrogen-bond donors (Lipinski definition) is 2. The standard InChI is InChI=1S/C14H27N3O3/c1-14(2,3)20-13(19)16-8-6-10-17-9-5-4-7-11(17)12(15)18/h11H,4-10H2,1-3H3,(H2,15,18)(H,16,19)/t11-/m0/s1. The summed E-state index contributed by atoms with van der Waals surface area (Å²) in [5, 5.41) is 2.72. The number of primary amides is 1. The number of alkyl carbamates (subject to hydrolysis) is 1. The Labute approximate surface area is 121 Å². The highest BCUT2D eigenvalue weighted by Crippen LogP contribution is 2.16. The smallest absolute Gasteiger partial charge is 0.407 e. The molecule has 0 unspecified atom stereocenters. The van der Waals surface area contributed by atoms with E-state index in [1.54, 1.807) is 0 Å². The van der Waals surface area contributed by atoms with Crippen LogP contribution in [0.2, 0.25) is 0 Å². The molecular weight excluding hydrogens is 258 g/mol. The van der Waals surface area contributed by atoms with Gasteiger partial charge in [-0.2, -0.15) is 0 Å². The molecule has 6 heteroatoms. The number of likely N-dealkylation sites (tertiary alicyclic amines) is 1. The van der Waals surface area contributed by atoms with Crippen molar-refractivity contribution in [2.75, 3.05) is 19.6 Å². The summed E-state index contributed by atoms with van der Waals surface area (Å²) in [6.45, 7) is 7.70. The van der Waals surface area contributed by atoms with Gasteiger partial charge in [-0.05, 0) is 46.6 Å².